The normalized spacial score (nSPS) is 9.50. The number of thiocarbonyl (C=S) groups is 1. The van der Waals surface area contributed by atoms with Gasteiger partial charge in [-0.1, -0.05) is 0 Å². The third-order valence-electron chi connectivity index (χ3n) is 0.930. The van der Waals surface area contributed by atoms with Crippen molar-refractivity contribution in [2.24, 2.45) is 4.99 Å². The lowest BCUT2D eigenvalue weighted by Gasteiger charge is -2.04. The molecule has 58 valence electrons. The monoisotopic (exact) mass is 159 g/mol. The van der Waals surface area contributed by atoms with Crippen LogP contribution in [0.25, 0.3) is 0 Å². The molecule has 0 N–H and O–H groups in total. The molecule has 0 bridgehead atoms. The predicted octanol–water partition coefficient (Wildman–Crippen LogP) is 1.90. The predicted molar refractivity (Wildman–Crippen MR) is 45.6 cm³/mol. The van der Waals surface area contributed by atoms with Crippen LogP contribution in [0.15, 0.2) is 4.99 Å². The van der Waals surface area contributed by atoms with E-state index >= 15 is 0 Å². The van der Waals surface area contributed by atoms with Crippen LogP contribution in [0.3, 0.4) is 0 Å². The molecule has 0 aromatic rings. The van der Waals surface area contributed by atoms with Crippen LogP contribution in [0.1, 0.15) is 20.3 Å². The van der Waals surface area contributed by atoms with Gasteiger partial charge in [0.2, 0.25) is 0 Å². The molecule has 0 fully saturated rings. The third-order valence-corrected chi connectivity index (χ3v) is 1.06. The highest BCUT2D eigenvalue weighted by Gasteiger charge is 1.90. The number of hydrogen-bond acceptors (Lipinski definition) is 3. The molecule has 0 unspecified atom stereocenters. The molecule has 3 heteroatoms. The molecular formula is C7H13NOS. The highest BCUT2D eigenvalue weighted by Crippen LogP contribution is 1.89. The fraction of sp³-hybridized carbons (Fsp3) is 0.857. The molecule has 10 heavy (non-hydrogen) atoms. The van der Waals surface area contributed by atoms with Crippen molar-refractivity contribution in [1.82, 2.24) is 0 Å². The van der Waals surface area contributed by atoms with Crippen molar-refractivity contribution in [3.63, 3.8) is 0 Å². The van der Waals surface area contributed by atoms with Gasteiger partial charge in [0.25, 0.3) is 0 Å². The van der Waals surface area contributed by atoms with Gasteiger partial charge < -0.3 is 4.74 Å². The fourth-order valence-corrected chi connectivity index (χ4v) is 0.600. The van der Waals surface area contributed by atoms with Crippen molar-refractivity contribution in [1.29, 1.82) is 0 Å². The molecule has 0 aliphatic carbocycles. The molecule has 0 aromatic heterocycles. The number of rotatable bonds is 5. The first-order valence-corrected chi connectivity index (χ1v) is 3.83. The van der Waals surface area contributed by atoms with Crippen LogP contribution < -0.4 is 0 Å². The average Bonchev–Trinajstić information content (AvgIpc) is 1.87. The zero-order valence-corrected chi connectivity index (χ0v) is 7.28. The van der Waals surface area contributed by atoms with Gasteiger partial charge in [0.15, 0.2) is 0 Å². The van der Waals surface area contributed by atoms with Gasteiger partial charge in [-0.05, 0) is 32.5 Å². The molecule has 0 radical (unpaired) electrons. The topological polar surface area (TPSA) is 21.6 Å². The summed E-state index contributed by atoms with van der Waals surface area (Å²) in [4.78, 5) is 3.75. The van der Waals surface area contributed by atoms with E-state index in [1.807, 2.05) is 13.8 Å². The highest BCUT2D eigenvalue weighted by molar-refractivity contribution is 7.78. The summed E-state index contributed by atoms with van der Waals surface area (Å²) in [5.41, 5.74) is 0. The number of nitrogens with zero attached hydrogens (tertiary/aromatic N) is 1. The summed E-state index contributed by atoms with van der Waals surface area (Å²) in [5.74, 6) is 0. The lowest BCUT2D eigenvalue weighted by molar-refractivity contribution is 0.0783. The largest absolute Gasteiger partial charge is 0.379 e. The molecule has 2 nitrogen and oxygen atoms in total. The molecule has 0 rings (SSSR count). The minimum atomic E-state index is 0.316. The highest BCUT2D eigenvalue weighted by atomic mass is 32.1. The average molecular weight is 159 g/mol. The van der Waals surface area contributed by atoms with Crippen LogP contribution in [0.2, 0.25) is 0 Å². The van der Waals surface area contributed by atoms with E-state index in [4.69, 9.17) is 4.74 Å². The van der Waals surface area contributed by atoms with Gasteiger partial charge in [0.05, 0.1) is 17.8 Å². The Morgan fingerprint density at radius 3 is 2.80 bits per heavy atom. The quantitative estimate of drug-likeness (QED) is 0.347. The standard InChI is InChI=1S/C7H13NOS/c1-7(2)9-5-3-4-8-6-10/h7H,3-5H2,1-2H3. The van der Waals surface area contributed by atoms with E-state index in [1.54, 1.807) is 0 Å². The van der Waals surface area contributed by atoms with Crippen LogP contribution in [0.4, 0.5) is 0 Å². The van der Waals surface area contributed by atoms with Crippen molar-refractivity contribution in [3.05, 3.63) is 0 Å². The van der Waals surface area contributed by atoms with Crippen molar-refractivity contribution in [3.8, 4) is 0 Å². The minimum absolute atomic E-state index is 0.316. The molecule has 0 spiro atoms. The Labute approximate surface area is 67.3 Å². The van der Waals surface area contributed by atoms with E-state index < -0.39 is 0 Å². The van der Waals surface area contributed by atoms with E-state index in [2.05, 4.69) is 22.4 Å². The van der Waals surface area contributed by atoms with Gasteiger partial charge in [-0.3, -0.25) is 0 Å². The summed E-state index contributed by atoms with van der Waals surface area (Å²) in [6.45, 7) is 5.53. The number of aliphatic imine (C=N–C) groups is 1. The Bertz CT molecular complexity index is 119. The zero-order valence-electron chi connectivity index (χ0n) is 6.46. The molecule has 0 saturated heterocycles. The van der Waals surface area contributed by atoms with Crippen molar-refractivity contribution < 1.29 is 4.74 Å². The van der Waals surface area contributed by atoms with E-state index in [-0.39, 0.29) is 0 Å². The molecule has 0 saturated carbocycles. The van der Waals surface area contributed by atoms with Gasteiger partial charge in [0, 0.05) is 6.61 Å². The van der Waals surface area contributed by atoms with Gasteiger partial charge >= 0.3 is 0 Å². The SMILES string of the molecule is CC(C)OCCCN=C=S. The molecule has 0 aliphatic heterocycles. The molecule has 0 atom stereocenters. The fourth-order valence-electron chi connectivity index (χ4n) is 0.508. The Morgan fingerprint density at radius 2 is 2.30 bits per heavy atom. The smallest absolute Gasteiger partial charge is 0.0584 e. The summed E-state index contributed by atoms with van der Waals surface area (Å²) in [5, 5.41) is 2.31. The molecule has 0 aliphatic rings. The second kappa shape index (κ2) is 6.87. The second-order valence-corrected chi connectivity index (χ2v) is 2.43. The Morgan fingerprint density at radius 1 is 1.60 bits per heavy atom. The van der Waals surface area contributed by atoms with Crippen molar-refractivity contribution in [2.75, 3.05) is 13.2 Å². The van der Waals surface area contributed by atoms with E-state index in [1.165, 1.54) is 0 Å². The number of isothiocyanates is 1. The van der Waals surface area contributed by atoms with E-state index in [0.29, 0.717) is 6.10 Å². The van der Waals surface area contributed by atoms with Gasteiger partial charge in [-0.15, -0.1) is 0 Å². The second-order valence-electron chi connectivity index (χ2n) is 2.25. The van der Waals surface area contributed by atoms with Gasteiger partial charge in [-0.25, -0.2) is 4.99 Å². The molecule has 0 aromatic carbocycles. The Balaban J connectivity index is 2.98. The van der Waals surface area contributed by atoms with Crippen LogP contribution in [0.5, 0.6) is 0 Å². The molecule has 0 heterocycles. The minimum Gasteiger partial charge on any atom is -0.379 e. The third kappa shape index (κ3) is 7.76. The number of hydrogen-bond donors (Lipinski definition) is 0. The van der Waals surface area contributed by atoms with Crippen LogP contribution in [-0.2, 0) is 4.74 Å². The summed E-state index contributed by atoms with van der Waals surface area (Å²) >= 11 is 4.40. The van der Waals surface area contributed by atoms with Crippen LogP contribution in [0, 0.1) is 0 Å². The maximum atomic E-state index is 5.27. The summed E-state index contributed by atoms with van der Waals surface area (Å²) < 4.78 is 5.27. The Hall–Kier alpha value is -0.240. The van der Waals surface area contributed by atoms with E-state index in [0.717, 1.165) is 19.6 Å². The van der Waals surface area contributed by atoms with E-state index in [9.17, 15) is 0 Å². The first kappa shape index (κ1) is 9.76. The zero-order chi connectivity index (χ0) is 7.82. The van der Waals surface area contributed by atoms with Crippen LogP contribution >= 0.6 is 12.2 Å². The Kier molecular flexibility index (Phi) is 6.71. The molecular weight excluding hydrogens is 146 g/mol. The maximum absolute atomic E-state index is 5.27. The lowest BCUT2D eigenvalue weighted by atomic mass is 10.4. The first-order chi connectivity index (χ1) is 4.77. The maximum Gasteiger partial charge on any atom is 0.0584 e. The molecule has 0 amide bonds. The van der Waals surface area contributed by atoms with Crippen LogP contribution in [-0.4, -0.2) is 24.4 Å². The van der Waals surface area contributed by atoms with Gasteiger partial charge in [-0.2, -0.15) is 0 Å². The first-order valence-electron chi connectivity index (χ1n) is 3.42. The van der Waals surface area contributed by atoms with Gasteiger partial charge in [0.1, 0.15) is 0 Å². The lowest BCUT2D eigenvalue weighted by Crippen LogP contribution is -2.04. The number of ether oxygens (including phenoxy) is 1. The summed E-state index contributed by atoms with van der Waals surface area (Å²) in [6.07, 6.45) is 1.25. The summed E-state index contributed by atoms with van der Waals surface area (Å²) in [7, 11) is 0. The van der Waals surface area contributed by atoms with Crippen molar-refractivity contribution >= 4 is 17.4 Å². The summed E-state index contributed by atoms with van der Waals surface area (Å²) in [6, 6.07) is 0. The van der Waals surface area contributed by atoms with Crippen molar-refractivity contribution in [2.45, 2.75) is 26.4 Å².